The number of amides is 2. The van der Waals surface area contributed by atoms with E-state index >= 15 is 0 Å². The number of anilines is 2. The highest BCUT2D eigenvalue weighted by molar-refractivity contribution is 6.07. The number of pyridine rings is 1. The predicted octanol–water partition coefficient (Wildman–Crippen LogP) is 2.67. The summed E-state index contributed by atoms with van der Waals surface area (Å²) >= 11 is 0. The van der Waals surface area contributed by atoms with Gasteiger partial charge in [-0.15, -0.1) is 0 Å². The van der Waals surface area contributed by atoms with Gasteiger partial charge in [0.15, 0.2) is 5.82 Å². The lowest BCUT2D eigenvalue weighted by Gasteiger charge is -2.07. The smallest absolute Gasteiger partial charge is 0.337 e. The van der Waals surface area contributed by atoms with Crippen LogP contribution in [0.1, 0.15) is 37.0 Å². The number of methoxy groups -OCH3 is 1. The van der Waals surface area contributed by atoms with Crippen LogP contribution in [0, 0.1) is 6.92 Å². The first kappa shape index (κ1) is 18.8. The minimum atomic E-state index is -0.533. The Hall–Kier alpha value is -4.01. The molecule has 0 fully saturated rings. The van der Waals surface area contributed by atoms with Crippen molar-refractivity contribution in [2.45, 2.75) is 6.92 Å². The average Bonchev–Trinajstić information content (AvgIpc) is 3.12. The fourth-order valence-electron chi connectivity index (χ4n) is 2.35. The van der Waals surface area contributed by atoms with Gasteiger partial charge in [-0.3, -0.25) is 14.6 Å². The molecule has 1 aromatic carbocycles. The van der Waals surface area contributed by atoms with Crippen molar-refractivity contribution in [1.82, 2.24) is 10.1 Å². The molecule has 9 heteroatoms. The molecular weight excluding hydrogens is 364 g/mol. The van der Waals surface area contributed by atoms with E-state index in [0.717, 1.165) is 0 Å². The topological polar surface area (TPSA) is 123 Å². The number of aromatic nitrogens is 2. The van der Waals surface area contributed by atoms with Gasteiger partial charge in [0.25, 0.3) is 11.8 Å². The van der Waals surface area contributed by atoms with Crippen LogP contribution in [0.25, 0.3) is 0 Å². The van der Waals surface area contributed by atoms with E-state index in [9.17, 15) is 14.4 Å². The molecule has 2 N–H and O–H groups in total. The highest BCUT2D eigenvalue weighted by Gasteiger charge is 2.14. The molecule has 0 saturated carbocycles. The van der Waals surface area contributed by atoms with Gasteiger partial charge in [0.05, 0.1) is 12.7 Å². The summed E-state index contributed by atoms with van der Waals surface area (Å²) in [5.41, 5.74) is 0.948. The zero-order valence-electron chi connectivity index (χ0n) is 15.1. The summed E-state index contributed by atoms with van der Waals surface area (Å²) in [5.74, 6) is -0.688. The molecule has 0 saturated heterocycles. The van der Waals surface area contributed by atoms with E-state index in [4.69, 9.17) is 4.52 Å². The quantitative estimate of drug-likeness (QED) is 0.652. The lowest BCUT2D eigenvalue weighted by Crippen LogP contribution is -2.17. The molecule has 0 spiro atoms. The first-order valence-corrected chi connectivity index (χ1v) is 8.16. The standard InChI is InChI=1S/C19H16N4O5/c1-11-8-16(23-28-11)22-17(24)12-6-7-20-15(10-12)18(25)21-14-5-3-4-13(9-14)19(26)27-2/h3-10H,1-2H3,(H,21,25)(H,22,23,24). The molecule has 0 atom stereocenters. The second-order valence-corrected chi connectivity index (χ2v) is 5.73. The average molecular weight is 380 g/mol. The van der Waals surface area contributed by atoms with Crippen LogP contribution in [0.4, 0.5) is 11.5 Å². The molecule has 3 aromatic rings. The number of esters is 1. The number of benzene rings is 1. The van der Waals surface area contributed by atoms with Crippen molar-refractivity contribution in [3.8, 4) is 0 Å². The van der Waals surface area contributed by atoms with Gasteiger partial charge in [-0.25, -0.2) is 4.79 Å². The van der Waals surface area contributed by atoms with Crippen LogP contribution in [0.3, 0.4) is 0 Å². The first-order chi connectivity index (χ1) is 13.5. The Morgan fingerprint density at radius 3 is 2.54 bits per heavy atom. The predicted molar refractivity (Wildman–Crippen MR) is 99.2 cm³/mol. The highest BCUT2D eigenvalue weighted by Crippen LogP contribution is 2.14. The maximum absolute atomic E-state index is 12.5. The van der Waals surface area contributed by atoms with Crippen LogP contribution in [0.2, 0.25) is 0 Å². The summed E-state index contributed by atoms with van der Waals surface area (Å²) in [7, 11) is 1.27. The Morgan fingerprint density at radius 1 is 1.00 bits per heavy atom. The Labute approximate surface area is 159 Å². The molecule has 0 aliphatic rings. The monoisotopic (exact) mass is 380 g/mol. The van der Waals surface area contributed by atoms with Gasteiger partial charge in [-0.1, -0.05) is 11.2 Å². The minimum absolute atomic E-state index is 0.0347. The molecule has 0 radical (unpaired) electrons. The lowest BCUT2D eigenvalue weighted by molar-refractivity contribution is 0.0600. The molecule has 28 heavy (non-hydrogen) atoms. The molecule has 2 heterocycles. The Balaban J connectivity index is 1.73. The van der Waals surface area contributed by atoms with Crippen LogP contribution < -0.4 is 10.6 Å². The Bertz CT molecular complexity index is 1040. The normalized spacial score (nSPS) is 10.2. The number of nitrogens with zero attached hydrogens (tertiary/aromatic N) is 2. The van der Waals surface area contributed by atoms with Gasteiger partial charge < -0.3 is 19.9 Å². The lowest BCUT2D eigenvalue weighted by atomic mass is 10.2. The van der Waals surface area contributed by atoms with Crippen LogP contribution in [-0.4, -0.2) is 35.0 Å². The van der Waals surface area contributed by atoms with Crippen molar-refractivity contribution in [2.75, 3.05) is 17.7 Å². The van der Waals surface area contributed by atoms with Crippen LogP contribution in [0.5, 0.6) is 0 Å². The van der Waals surface area contributed by atoms with Crippen molar-refractivity contribution in [1.29, 1.82) is 0 Å². The number of carbonyl (C=O) groups excluding carboxylic acids is 3. The highest BCUT2D eigenvalue weighted by atomic mass is 16.5. The second-order valence-electron chi connectivity index (χ2n) is 5.73. The molecule has 3 rings (SSSR count). The van der Waals surface area contributed by atoms with Crippen molar-refractivity contribution in [2.24, 2.45) is 0 Å². The maximum Gasteiger partial charge on any atom is 0.337 e. The molecular formula is C19H16N4O5. The van der Waals surface area contributed by atoms with Crippen LogP contribution >= 0.6 is 0 Å². The summed E-state index contributed by atoms with van der Waals surface area (Å²) in [6.45, 7) is 1.70. The molecule has 0 aliphatic heterocycles. The van der Waals surface area contributed by atoms with E-state index < -0.39 is 17.8 Å². The van der Waals surface area contributed by atoms with Crippen molar-refractivity contribution in [3.63, 3.8) is 0 Å². The number of hydrogen-bond acceptors (Lipinski definition) is 7. The molecule has 9 nitrogen and oxygen atoms in total. The van der Waals surface area contributed by atoms with Crippen LogP contribution in [-0.2, 0) is 4.74 Å². The zero-order valence-corrected chi connectivity index (χ0v) is 15.1. The Morgan fingerprint density at radius 2 is 1.82 bits per heavy atom. The van der Waals surface area contributed by atoms with Gasteiger partial charge in [0.1, 0.15) is 11.5 Å². The molecule has 0 aliphatic carbocycles. The molecule has 142 valence electrons. The summed E-state index contributed by atoms with van der Waals surface area (Å²) in [6.07, 6.45) is 1.35. The molecule has 2 aromatic heterocycles. The van der Waals surface area contributed by atoms with Crippen molar-refractivity contribution in [3.05, 3.63) is 71.2 Å². The second kappa shape index (κ2) is 8.12. The fourth-order valence-corrected chi connectivity index (χ4v) is 2.35. The molecule has 2 amide bonds. The molecule has 0 bridgehead atoms. The summed E-state index contributed by atoms with van der Waals surface area (Å²) in [5, 5.41) is 8.88. The van der Waals surface area contributed by atoms with Crippen molar-refractivity contribution >= 4 is 29.3 Å². The van der Waals surface area contributed by atoms with E-state index in [-0.39, 0.29) is 17.1 Å². The number of carbonyl (C=O) groups is 3. The number of aryl methyl sites for hydroxylation is 1. The van der Waals surface area contributed by atoms with Crippen molar-refractivity contribution < 1.29 is 23.6 Å². The summed E-state index contributed by atoms with van der Waals surface area (Å²) < 4.78 is 9.54. The van der Waals surface area contributed by atoms with E-state index in [1.54, 1.807) is 31.2 Å². The number of rotatable bonds is 5. The SMILES string of the molecule is COC(=O)c1cccc(NC(=O)c2cc(C(=O)Nc3cc(C)on3)ccn2)c1. The Kier molecular flexibility index (Phi) is 5.45. The first-order valence-electron chi connectivity index (χ1n) is 8.16. The van der Waals surface area contributed by atoms with Gasteiger partial charge in [-0.05, 0) is 37.3 Å². The number of ether oxygens (including phenoxy) is 1. The summed E-state index contributed by atoms with van der Waals surface area (Å²) in [4.78, 5) is 40.3. The maximum atomic E-state index is 12.5. The van der Waals surface area contributed by atoms with E-state index in [1.165, 1.54) is 31.5 Å². The van der Waals surface area contributed by atoms with Gasteiger partial charge in [-0.2, -0.15) is 0 Å². The third kappa shape index (κ3) is 4.39. The fraction of sp³-hybridized carbons (Fsp3) is 0.105. The third-order valence-corrected chi connectivity index (χ3v) is 3.67. The van der Waals surface area contributed by atoms with E-state index in [0.29, 0.717) is 17.0 Å². The number of nitrogens with one attached hydrogen (secondary N) is 2. The molecule has 0 unspecified atom stereocenters. The van der Waals surface area contributed by atoms with Crippen LogP contribution in [0.15, 0.2) is 53.2 Å². The van der Waals surface area contributed by atoms with E-state index in [2.05, 4.69) is 25.5 Å². The largest absolute Gasteiger partial charge is 0.465 e. The van der Waals surface area contributed by atoms with Gasteiger partial charge in [0, 0.05) is 23.5 Å². The summed E-state index contributed by atoms with van der Waals surface area (Å²) in [6, 6.07) is 10.7. The van der Waals surface area contributed by atoms with Gasteiger partial charge in [0.2, 0.25) is 0 Å². The minimum Gasteiger partial charge on any atom is -0.465 e. The van der Waals surface area contributed by atoms with Gasteiger partial charge >= 0.3 is 5.97 Å². The number of hydrogen-bond donors (Lipinski definition) is 2. The third-order valence-electron chi connectivity index (χ3n) is 3.67. The zero-order chi connectivity index (χ0) is 20.1. The van der Waals surface area contributed by atoms with E-state index in [1.807, 2.05) is 0 Å².